The molecule has 0 radical (unpaired) electrons. The van der Waals surface area contributed by atoms with Gasteiger partial charge in [-0.3, -0.25) is 0 Å². The van der Waals surface area contributed by atoms with E-state index >= 15 is 0 Å². The molecular weight excluding hydrogens is 232 g/mol. The maximum atomic E-state index is 11.6. The molecule has 1 fully saturated rings. The molecule has 1 unspecified atom stereocenters. The highest BCUT2D eigenvalue weighted by molar-refractivity contribution is 5.75. The van der Waals surface area contributed by atoms with E-state index in [-0.39, 0.29) is 18.5 Å². The van der Waals surface area contributed by atoms with Crippen molar-refractivity contribution in [1.29, 1.82) is 0 Å². The summed E-state index contributed by atoms with van der Waals surface area (Å²) in [4.78, 5) is 11.6. The largest absolute Gasteiger partial charge is 0.478 e. The normalized spacial score (nSPS) is 16.1. The lowest BCUT2D eigenvalue weighted by Crippen LogP contribution is -2.30. The molecule has 4 heteroatoms. The van der Waals surface area contributed by atoms with E-state index < -0.39 is 6.10 Å². The second-order valence-corrected chi connectivity index (χ2v) is 4.52. The number of aliphatic hydroxyl groups excluding tert-OH is 1. The standard InChI is InChI=1S/C14H18O4/c1-17-14(16)13(11-4-5-11)18-12-6-2-10(3-7-12)8-9-15/h2-3,6-7,11,13,15H,4-5,8-9H2,1H3. The first-order valence-corrected chi connectivity index (χ1v) is 6.19. The Bertz CT molecular complexity index is 395. The SMILES string of the molecule is COC(=O)C(Oc1ccc(CCO)cc1)C1CC1. The minimum absolute atomic E-state index is 0.132. The second kappa shape index (κ2) is 5.87. The molecule has 1 aromatic rings. The molecule has 0 saturated heterocycles. The van der Waals surface area contributed by atoms with Crippen LogP contribution in [0.15, 0.2) is 24.3 Å². The monoisotopic (exact) mass is 250 g/mol. The molecule has 0 heterocycles. The molecule has 1 N–H and O–H groups in total. The summed E-state index contributed by atoms with van der Waals surface area (Å²) in [6.07, 6.45) is 2.17. The summed E-state index contributed by atoms with van der Waals surface area (Å²) in [5, 5.41) is 8.83. The Labute approximate surface area is 107 Å². The van der Waals surface area contributed by atoms with Crippen molar-refractivity contribution >= 4 is 5.97 Å². The number of carbonyl (C=O) groups is 1. The Kier molecular flexibility index (Phi) is 4.20. The lowest BCUT2D eigenvalue weighted by Gasteiger charge is -2.16. The fourth-order valence-corrected chi connectivity index (χ4v) is 1.86. The van der Waals surface area contributed by atoms with Crippen LogP contribution in [-0.4, -0.2) is 30.9 Å². The Balaban J connectivity index is 2.00. The average Bonchev–Trinajstić information content (AvgIpc) is 3.21. The number of hydrogen-bond acceptors (Lipinski definition) is 4. The molecular formula is C14H18O4. The molecule has 0 bridgehead atoms. The van der Waals surface area contributed by atoms with Crippen molar-refractivity contribution in [3.8, 4) is 5.75 Å². The number of aliphatic hydroxyl groups is 1. The van der Waals surface area contributed by atoms with E-state index in [0.717, 1.165) is 18.4 Å². The van der Waals surface area contributed by atoms with Crippen molar-refractivity contribution in [2.24, 2.45) is 5.92 Å². The smallest absolute Gasteiger partial charge is 0.347 e. The van der Waals surface area contributed by atoms with Gasteiger partial charge in [0.15, 0.2) is 6.10 Å². The Morgan fingerprint density at radius 2 is 2.06 bits per heavy atom. The van der Waals surface area contributed by atoms with Crippen LogP contribution in [0.2, 0.25) is 0 Å². The van der Waals surface area contributed by atoms with Crippen LogP contribution in [0.4, 0.5) is 0 Å². The molecule has 0 aromatic heterocycles. The van der Waals surface area contributed by atoms with Gasteiger partial charge in [-0.05, 0) is 37.0 Å². The van der Waals surface area contributed by atoms with E-state index in [1.54, 1.807) is 0 Å². The van der Waals surface area contributed by atoms with Gasteiger partial charge >= 0.3 is 5.97 Å². The van der Waals surface area contributed by atoms with Gasteiger partial charge < -0.3 is 14.6 Å². The van der Waals surface area contributed by atoms with Gasteiger partial charge in [-0.1, -0.05) is 12.1 Å². The molecule has 0 amide bonds. The molecule has 1 aliphatic rings. The van der Waals surface area contributed by atoms with Crippen LogP contribution < -0.4 is 4.74 Å². The van der Waals surface area contributed by atoms with E-state index in [1.807, 2.05) is 24.3 Å². The number of methoxy groups -OCH3 is 1. The first-order chi connectivity index (χ1) is 8.74. The summed E-state index contributed by atoms with van der Waals surface area (Å²) in [5.74, 6) is 0.644. The third-order valence-electron chi connectivity index (χ3n) is 3.07. The summed E-state index contributed by atoms with van der Waals surface area (Å²) in [5.41, 5.74) is 1.05. The Morgan fingerprint density at radius 3 is 2.56 bits per heavy atom. The minimum Gasteiger partial charge on any atom is -0.478 e. The van der Waals surface area contributed by atoms with Gasteiger partial charge in [0.25, 0.3) is 0 Å². The van der Waals surface area contributed by atoms with Crippen LogP contribution in [0, 0.1) is 5.92 Å². The number of benzene rings is 1. The third kappa shape index (κ3) is 3.23. The summed E-state index contributed by atoms with van der Waals surface area (Å²) >= 11 is 0. The van der Waals surface area contributed by atoms with Crippen LogP contribution >= 0.6 is 0 Å². The maximum Gasteiger partial charge on any atom is 0.347 e. The minimum atomic E-state index is -0.487. The summed E-state index contributed by atoms with van der Waals surface area (Å²) in [7, 11) is 1.38. The molecule has 0 spiro atoms. The van der Waals surface area contributed by atoms with Gasteiger partial charge in [0.2, 0.25) is 0 Å². The Hall–Kier alpha value is -1.55. The van der Waals surface area contributed by atoms with Crippen molar-refractivity contribution in [3.63, 3.8) is 0 Å². The lowest BCUT2D eigenvalue weighted by atomic mass is 10.1. The highest BCUT2D eigenvalue weighted by Gasteiger charge is 2.38. The van der Waals surface area contributed by atoms with Crippen molar-refractivity contribution in [2.75, 3.05) is 13.7 Å². The number of ether oxygens (including phenoxy) is 2. The predicted molar refractivity (Wildman–Crippen MR) is 66.4 cm³/mol. The van der Waals surface area contributed by atoms with Gasteiger partial charge in [0, 0.05) is 12.5 Å². The van der Waals surface area contributed by atoms with E-state index in [4.69, 9.17) is 14.6 Å². The van der Waals surface area contributed by atoms with Gasteiger partial charge in [-0.2, -0.15) is 0 Å². The maximum absolute atomic E-state index is 11.6. The van der Waals surface area contributed by atoms with Gasteiger partial charge in [0.05, 0.1) is 7.11 Å². The molecule has 1 saturated carbocycles. The predicted octanol–water partition coefficient (Wildman–Crippen LogP) is 1.55. The van der Waals surface area contributed by atoms with Crippen LogP contribution in [0.3, 0.4) is 0 Å². The zero-order valence-electron chi connectivity index (χ0n) is 10.5. The summed E-state index contributed by atoms with van der Waals surface area (Å²) in [6, 6.07) is 7.44. The summed E-state index contributed by atoms with van der Waals surface area (Å²) < 4.78 is 10.4. The van der Waals surface area contributed by atoms with Gasteiger partial charge in [-0.15, -0.1) is 0 Å². The first kappa shape index (κ1) is 12.9. The highest BCUT2D eigenvalue weighted by Crippen LogP contribution is 2.35. The van der Waals surface area contributed by atoms with Crippen molar-refractivity contribution in [2.45, 2.75) is 25.4 Å². The van der Waals surface area contributed by atoms with Crippen LogP contribution in [-0.2, 0) is 16.0 Å². The van der Waals surface area contributed by atoms with Crippen molar-refractivity contribution < 1.29 is 19.4 Å². The molecule has 2 rings (SSSR count). The quantitative estimate of drug-likeness (QED) is 0.778. The fourth-order valence-electron chi connectivity index (χ4n) is 1.86. The topological polar surface area (TPSA) is 55.8 Å². The van der Waals surface area contributed by atoms with E-state index in [0.29, 0.717) is 12.2 Å². The number of carbonyl (C=O) groups excluding carboxylic acids is 1. The van der Waals surface area contributed by atoms with E-state index in [2.05, 4.69) is 0 Å². The molecule has 18 heavy (non-hydrogen) atoms. The first-order valence-electron chi connectivity index (χ1n) is 6.19. The Morgan fingerprint density at radius 1 is 1.39 bits per heavy atom. The third-order valence-corrected chi connectivity index (χ3v) is 3.07. The molecule has 0 aliphatic heterocycles. The van der Waals surface area contributed by atoms with Crippen LogP contribution in [0.1, 0.15) is 18.4 Å². The summed E-state index contributed by atoms with van der Waals surface area (Å²) in [6.45, 7) is 0.132. The van der Waals surface area contributed by atoms with E-state index in [9.17, 15) is 4.79 Å². The van der Waals surface area contributed by atoms with Gasteiger partial charge in [0.1, 0.15) is 5.75 Å². The molecule has 4 nitrogen and oxygen atoms in total. The second-order valence-electron chi connectivity index (χ2n) is 4.52. The highest BCUT2D eigenvalue weighted by atomic mass is 16.6. The van der Waals surface area contributed by atoms with Crippen LogP contribution in [0.25, 0.3) is 0 Å². The van der Waals surface area contributed by atoms with Gasteiger partial charge in [-0.25, -0.2) is 4.79 Å². The van der Waals surface area contributed by atoms with Crippen LogP contribution in [0.5, 0.6) is 5.75 Å². The zero-order valence-corrected chi connectivity index (χ0v) is 10.5. The zero-order chi connectivity index (χ0) is 13.0. The number of hydrogen-bond donors (Lipinski definition) is 1. The van der Waals surface area contributed by atoms with E-state index in [1.165, 1.54) is 7.11 Å². The fraction of sp³-hybridized carbons (Fsp3) is 0.500. The lowest BCUT2D eigenvalue weighted by molar-refractivity contribution is -0.149. The molecule has 1 atom stereocenters. The molecule has 98 valence electrons. The average molecular weight is 250 g/mol. The molecule has 1 aromatic carbocycles. The molecule has 1 aliphatic carbocycles. The van der Waals surface area contributed by atoms with Crippen molar-refractivity contribution in [3.05, 3.63) is 29.8 Å². The number of esters is 1. The number of rotatable bonds is 6. The van der Waals surface area contributed by atoms with Crippen molar-refractivity contribution in [1.82, 2.24) is 0 Å².